The smallest absolute Gasteiger partial charge is 0.342 e. The molecule has 0 aliphatic heterocycles. The van der Waals surface area contributed by atoms with E-state index in [-0.39, 0.29) is 29.7 Å². The number of likely N-dealkylation sites (N-methyl/N-ethyl adjacent to an activating group) is 1. The highest BCUT2D eigenvalue weighted by Crippen LogP contribution is 2.52. The minimum Gasteiger partial charge on any atom is -0.510 e. The van der Waals surface area contributed by atoms with Crippen LogP contribution in [0.5, 0.6) is 5.75 Å². The summed E-state index contributed by atoms with van der Waals surface area (Å²) in [5.41, 5.74) is -3.06. The average Bonchev–Trinajstić information content (AvgIpc) is 3.34. The van der Waals surface area contributed by atoms with Gasteiger partial charge in [-0.1, -0.05) is 0 Å². The van der Waals surface area contributed by atoms with Crippen molar-refractivity contribution in [3.05, 3.63) is 76.0 Å². The second-order valence-corrected chi connectivity index (χ2v) is 9.74. The number of aromatic hydroxyl groups is 1. The predicted octanol–water partition coefficient (Wildman–Crippen LogP) is 1.40. The van der Waals surface area contributed by atoms with Crippen LogP contribution < -0.4 is 0 Å². The Balaban J connectivity index is 1.68. The maximum atomic E-state index is 13.6. The number of Topliss-reactive ketones (excluding diaryl/α,β-unsaturated/α-hetero) is 2. The number of carboxylic acids is 1. The van der Waals surface area contributed by atoms with Crippen LogP contribution in [-0.2, 0) is 16.0 Å². The number of carboxylic acid groups (broad SMARTS) is 1. The lowest BCUT2D eigenvalue weighted by atomic mass is 9.58. The summed E-state index contributed by atoms with van der Waals surface area (Å²) >= 11 is 0. The normalized spacial score (nSPS) is 27.5. The molecule has 2 aromatic rings. The molecule has 4 atom stereocenters. The number of aliphatic hydroxyl groups excluding tert-OH is 2. The molecule has 37 heavy (non-hydrogen) atoms. The van der Waals surface area contributed by atoms with E-state index in [2.05, 4.69) is 5.10 Å². The zero-order valence-corrected chi connectivity index (χ0v) is 20.0. The van der Waals surface area contributed by atoms with Gasteiger partial charge in [0.2, 0.25) is 5.78 Å². The molecule has 0 unspecified atom stereocenters. The SMILES string of the molecule is CN(C)[C@@H]1C(O)=C(C(=O)O)C(=O)[C@@]2(O)C(O)=C3C(=O)c4c(O)ccc(C=Nn5cccc5)c4C[C@H]3C[C@@H]12. The molecule has 1 aromatic heterocycles. The molecular weight excluding hydrogens is 482 g/mol. The third-order valence-corrected chi connectivity index (χ3v) is 7.53. The fourth-order valence-corrected chi connectivity index (χ4v) is 5.90. The van der Waals surface area contributed by atoms with Gasteiger partial charge in [0.15, 0.2) is 11.4 Å². The molecule has 3 aliphatic rings. The highest BCUT2D eigenvalue weighted by Gasteiger charge is 2.63. The summed E-state index contributed by atoms with van der Waals surface area (Å²) < 4.78 is 1.56. The van der Waals surface area contributed by atoms with Gasteiger partial charge in [0, 0.05) is 23.9 Å². The zero-order chi connectivity index (χ0) is 26.8. The number of aliphatic hydroxyl groups is 3. The van der Waals surface area contributed by atoms with Gasteiger partial charge >= 0.3 is 5.97 Å². The molecule has 11 heteroatoms. The summed E-state index contributed by atoms with van der Waals surface area (Å²) in [6.07, 6.45) is 5.14. The van der Waals surface area contributed by atoms with Crippen molar-refractivity contribution in [3.63, 3.8) is 0 Å². The zero-order valence-electron chi connectivity index (χ0n) is 20.0. The maximum absolute atomic E-state index is 13.6. The van der Waals surface area contributed by atoms with Crippen molar-refractivity contribution in [2.24, 2.45) is 16.9 Å². The predicted molar refractivity (Wildman–Crippen MR) is 130 cm³/mol. The van der Waals surface area contributed by atoms with Gasteiger partial charge in [0.1, 0.15) is 22.8 Å². The summed E-state index contributed by atoms with van der Waals surface area (Å²) in [5, 5.41) is 58.0. The van der Waals surface area contributed by atoms with E-state index in [0.717, 1.165) is 0 Å². The minimum atomic E-state index is -2.74. The number of carbonyl (C=O) groups excluding carboxylic acids is 2. The van der Waals surface area contributed by atoms with Crippen LogP contribution in [0, 0.1) is 11.8 Å². The van der Waals surface area contributed by atoms with E-state index in [9.17, 15) is 39.9 Å². The number of fused-ring (bicyclic) bond motifs is 3. The number of carbonyl (C=O) groups is 3. The number of ketones is 2. The second-order valence-electron chi connectivity index (χ2n) is 9.74. The summed E-state index contributed by atoms with van der Waals surface area (Å²) in [5.74, 6) is -7.74. The number of hydrogen-bond donors (Lipinski definition) is 5. The number of allylic oxidation sites excluding steroid dienone is 1. The molecule has 192 valence electrons. The first kappa shape index (κ1) is 24.5. The summed E-state index contributed by atoms with van der Waals surface area (Å²) in [7, 11) is 3.09. The number of benzene rings is 1. The summed E-state index contributed by atoms with van der Waals surface area (Å²) in [6.45, 7) is 0. The number of phenols is 1. The molecule has 5 rings (SSSR count). The van der Waals surface area contributed by atoms with Gasteiger partial charge in [-0.15, -0.1) is 0 Å². The Morgan fingerprint density at radius 3 is 2.46 bits per heavy atom. The third-order valence-electron chi connectivity index (χ3n) is 7.53. The Morgan fingerprint density at radius 1 is 1.16 bits per heavy atom. The minimum absolute atomic E-state index is 0.0174. The van der Waals surface area contributed by atoms with Crippen LogP contribution in [0.25, 0.3) is 0 Å². The van der Waals surface area contributed by atoms with Gasteiger partial charge in [-0.2, -0.15) is 5.10 Å². The van der Waals surface area contributed by atoms with Gasteiger partial charge in [0.05, 0.1) is 17.8 Å². The highest BCUT2D eigenvalue weighted by atomic mass is 16.4. The van der Waals surface area contributed by atoms with Crippen molar-refractivity contribution >= 4 is 23.8 Å². The molecule has 0 saturated heterocycles. The van der Waals surface area contributed by atoms with Crippen LogP contribution in [0.2, 0.25) is 0 Å². The Bertz CT molecular complexity index is 1440. The number of aliphatic carboxylic acids is 1. The lowest BCUT2D eigenvalue weighted by molar-refractivity contribution is -0.151. The van der Waals surface area contributed by atoms with Crippen LogP contribution in [-0.4, -0.2) is 84.6 Å². The maximum Gasteiger partial charge on any atom is 0.342 e. The number of hydrogen-bond acceptors (Lipinski definition) is 9. The molecule has 0 saturated carbocycles. The fourth-order valence-electron chi connectivity index (χ4n) is 5.90. The quantitative estimate of drug-likeness (QED) is 0.303. The van der Waals surface area contributed by atoms with Crippen LogP contribution >= 0.6 is 0 Å². The van der Waals surface area contributed by atoms with Gasteiger partial charge in [-0.25, -0.2) is 9.47 Å². The summed E-state index contributed by atoms with van der Waals surface area (Å²) in [6, 6.07) is 5.41. The fraction of sp³-hybridized carbons (Fsp3) is 0.308. The molecule has 0 amide bonds. The van der Waals surface area contributed by atoms with E-state index in [1.807, 2.05) is 0 Å². The van der Waals surface area contributed by atoms with Crippen LogP contribution in [0.4, 0.5) is 0 Å². The molecule has 3 aliphatic carbocycles. The molecule has 0 bridgehead atoms. The standard InChI is InChI=1S/C26H25N3O8/c1-28(2)20-15-10-13-9-14-12(11-27-29-7-3-4-8-29)5-6-16(30)18(14)21(31)17(13)23(33)26(15,37)24(34)19(22(20)32)25(35)36/h3-8,11,13,15,20,30,32-33,37H,9-10H2,1-2H3,(H,35,36)/t13-,15-,20-,26-/m0/s1. The number of phenolic OH excluding ortho intramolecular Hbond substituents is 1. The number of nitrogens with zero attached hydrogens (tertiary/aromatic N) is 3. The van der Waals surface area contributed by atoms with Crippen molar-refractivity contribution in [1.29, 1.82) is 0 Å². The van der Waals surface area contributed by atoms with Crippen LogP contribution in [0.15, 0.2) is 64.4 Å². The van der Waals surface area contributed by atoms with E-state index in [4.69, 9.17) is 0 Å². The van der Waals surface area contributed by atoms with E-state index in [1.54, 1.807) is 55.6 Å². The van der Waals surface area contributed by atoms with Crippen molar-refractivity contribution in [2.75, 3.05) is 14.1 Å². The largest absolute Gasteiger partial charge is 0.510 e. The lowest BCUT2D eigenvalue weighted by Crippen LogP contribution is -2.63. The van der Waals surface area contributed by atoms with Gasteiger partial charge in [-0.3, -0.25) is 14.5 Å². The lowest BCUT2D eigenvalue weighted by Gasteiger charge is -2.50. The van der Waals surface area contributed by atoms with Crippen molar-refractivity contribution in [1.82, 2.24) is 9.58 Å². The molecular formula is C26H25N3O8. The second kappa shape index (κ2) is 8.43. The molecule has 0 fully saturated rings. The molecule has 0 spiro atoms. The first-order valence-corrected chi connectivity index (χ1v) is 11.6. The van der Waals surface area contributed by atoms with E-state index in [1.165, 1.54) is 11.0 Å². The molecule has 11 nitrogen and oxygen atoms in total. The summed E-state index contributed by atoms with van der Waals surface area (Å²) in [4.78, 5) is 40.1. The Labute approximate surface area is 210 Å². The van der Waals surface area contributed by atoms with Crippen LogP contribution in [0.3, 0.4) is 0 Å². The van der Waals surface area contributed by atoms with Crippen LogP contribution in [0.1, 0.15) is 27.9 Å². The molecule has 0 radical (unpaired) electrons. The Kier molecular flexibility index (Phi) is 5.57. The van der Waals surface area contributed by atoms with Crippen molar-refractivity contribution < 1.29 is 39.9 Å². The number of aromatic nitrogens is 1. The highest BCUT2D eigenvalue weighted by molar-refractivity contribution is 6.23. The first-order chi connectivity index (χ1) is 17.5. The van der Waals surface area contributed by atoms with E-state index in [0.29, 0.717) is 11.1 Å². The monoisotopic (exact) mass is 507 g/mol. The molecule has 1 aromatic carbocycles. The topological polar surface area (TPSA) is 173 Å². The van der Waals surface area contributed by atoms with Gasteiger partial charge in [-0.05, 0) is 68.2 Å². The first-order valence-electron chi connectivity index (χ1n) is 11.6. The third kappa shape index (κ3) is 3.42. The van der Waals surface area contributed by atoms with Crippen molar-refractivity contribution in [3.8, 4) is 5.75 Å². The van der Waals surface area contributed by atoms with Gasteiger partial charge < -0.3 is 25.5 Å². The Hall–Kier alpha value is -4.22. The molecule has 5 N–H and O–H groups in total. The Morgan fingerprint density at radius 2 is 1.84 bits per heavy atom. The number of rotatable bonds is 4. The molecule has 1 heterocycles. The average molecular weight is 507 g/mol. The van der Waals surface area contributed by atoms with Crippen molar-refractivity contribution in [2.45, 2.75) is 24.5 Å². The van der Waals surface area contributed by atoms with E-state index >= 15 is 0 Å². The van der Waals surface area contributed by atoms with E-state index < -0.39 is 58.1 Å². The van der Waals surface area contributed by atoms with Gasteiger partial charge in [0.25, 0.3) is 0 Å².